The van der Waals surface area contributed by atoms with Crippen LogP contribution in [0.25, 0.3) is 0 Å². The lowest BCUT2D eigenvalue weighted by atomic mass is 9.97. The Morgan fingerprint density at radius 1 is 0.970 bits per heavy atom. The molecule has 2 amide bonds. The van der Waals surface area contributed by atoms with Gasteiger partial charge in [-0.05, 0) is 68.0 Å². The largest absolute Gasteiger partial charge is 0.416 e. The summed E-state index contributed by atoms with van der Waals surface area (Å²) in [4.78, 5) is 30.0. The van der Waals surface area contributed by atoms with Crippen LogP contribution in [0.5, 0.6) is 0 Å². The minimum atomic E-state index is -4.53. The van der Waals surface area contributed by atoms with Gasteiger partial charge in [0, 0.05) is 43.1 Å². The van der Waals surface area contributed by atoms with E-state index in [4.69, 9.17) is 0 Å². The molecule has 1 N–H and O–H groups in total. The first-order valence-electron chi connectivity index (χ1n) is 11.4. The monoisotopic (exact) mass is 459 g/mol. The van der Waals surface area contributed by atoms with Crippen LogP contribution in [0.4, 0.5) is 24.5 Å². The van der Waals surface area contributed by atoms with Crippen LogP contribution < -0.4 is 10.2 Å². The Kier molecular flexibility index (Phi) is 6.63. The molecule has 0 saturated carbocycles. The van der Waals surface area contributed by atoms with Gasteiger partial charge in [-0.25, -0.2) is 0 Å². The first-order valence-corrected chi connectivity index (χ1v) is 11.4. The van der Waals surface area contributed by atoms with E-state index in [0.29, 0.717) is 30.3 Å². The second kappa shape index (κ2) is 9.45. The van der Waals surface area contributed by atoms with Crippen molar-refractivity contribution in [2.45, 2.75) is 38.8 Å². The van der Waals surface area contributed by atoms with E-state index < -0.39 is 17.6 Å². The summed E-state index contributed by atoms with van der Waals surface area (Å²) < 4.78 is 39.0. The van der Waals surface area contributed by atoms with Crippen LogP contribution in [0.1, 0.15) is 58.9 Å². The lowest BCUT2D eigenvalue weighted by Gasteiger charge is -2.34. The summed E-state index contributed by atoms with van der Waals surface area (Å²) in [6.07, 6.45) is -0.501. The molecule has 2 aliphatic heterocycles. The van der Waals surface area contributed by atoms with E-state index in [0.717, 1.165) is 56.6 Å². The van der Waals surface area contributed by atoms with E-state index in [2.05, 4.69) is 17.1 Å². The molecule has 0 bridgehead atoms. The zero-order valence-corrected chi connectivity index (χ0v) is 18.6. The molecule has 5 nitrogen and oxygen atoms in total. The molecule has 176 valence electrons. The van der Waals surface area contributed by atoms with E-state index >= 15 is 0 Å². The maximum absolute atomic E-state index is 13.3. The molecular weight excluding hydrogens is 431 g/mol. The van der Waals surface area contributed by atoms with Gasteiger partial charge >= 0.3 is 6.18 Å². The number of alkyl halides is 3. The fourth-order valence-corrected chi connectivity index (χ4v) is 4.44. The number of rotatable bonds is 4. The van der Waals surface area contributed by atoms with Crippen molar-refractivity contribution in [3.05, 3.63) is 59.2 Å². The minimum Gasteiger partial charge on any atom is -0.371 e. The first kappa shape index (κ1) is 23.1. The van der Waals surface area contributed by atoms with Gasteiger partial charge in [0.2, 0.25) is 0 Å². The number of nitrogens with one attached hydrogen (secondary N) is 1. The molecule has 2 saturated heterocycles. The Labute approximate surface area is 191 Å². The van der Waals surface area contributed by atoms with Gasteiger partial charge in [-0.15, -0.1) is 0 Å². The van der Waals surface area contributed by atoms with Crippen molar-refractivity contribution in [3.63, 3.8) is 0 Å². The van der Waals surface area contributed by atoms with Crippen LogP contribution in [0.15, 0.2) is 42.5 Å². The third-order valence-electron chi connectivity index (χ3n) is 6.45. The van der Waals surface area contributed by atoms with Crippen LogP contribution >= 0.6 is 0 Å². The Morgan fingerprint density at radius 3 is 2.33 bits per heavy atom. The van der Waals surface area contributed by atoms with Gasteiger partial charge in [0.05, 0.1) is 11.1 Å². The predicted molar refractivity (Wildman–Crippen MR) is 122 cm³/mol. The highest BCUT2D eigenvalue weighted by atomic mass is 19.4. The number of nitrogens with zero attached hydrogens (tertiary/aromatic N) is 2. The molecule has 0 unspecified atom stereocenters. The first-order chi connectivity index (χ1) is 15.7. The number of amides is 2. The molecule has 2 fully saturated rings. The summed E-state index contributed by atoms with van der Waals surface area (Å²) in [5.74, 6) is -0.0819. The number of benzene rings is 2. The number of likely N-dealkylation sites (tertiary alicyclic amines) is 1. The van der Waals surface area contributed by atoms with Gasteiger partial charge in [-0.3, -0.25) is 9.59 Å². The Hall–Kier alpha value is -3.03. The standard InChI is InChI=1S/C25H28F3N3O2/c1-17-9-13-30(14-10-17)22-8-7-20(16-21(22)24(33)31-11-2-3-12-31)29-23(32)18-5-4-6-19(15-18)25(26,27)28/h4-8,15-17H,2-3,9-14H2,1H3,(H,29,32). The molecule has 2 heterocycles. The highest BCUT2D eigenvalue weighted by Crippen LogP contribution is 2.32. The Bertz CT molecular complexity index is 1020. The fraction of sp³-hybridized carbons (Fsp3) is 0.440. The average molecular weight is 460 g/mol. The zero-order valence-electron chi connectivity index (χ0n) is 18.6. The number of anilines is 2. The van der Waals surface area contributed by atoms with Crippen molar-refractivity contribution in [1.29, 1.82) is 0 Å². The van der Waals surface area contributed by atoms with E-state index in [1.54, 1.807) is 12.1 Å². The average Bonchev–Trinajstić information content (AvgIpc) is 3.34. The van der Waals surface area contributed by atoms with Crippen LogP contribution in [-0.4, -0.2) is 42.9 Å². The van der Waals surface area contributed by atoms with Gasteiger partial charge in [0.25, 0.3) is 11.8 Å². The summed E-state index contributed by atoms with van der Waals surface area (Å²) >= 11 is 0. The summed E-state index contributed by atoms with van der Waals surface area (Å²) in [7, 11) is 0. The van der Waals surface area contributed by atoms with E-state index in [-0.39, 0.29) is 11.5 Å². The summed E-state index contributed by atoms with van der Waals surface area (Å²) in [6, 6.07) is 9.50. The number of piperidine rings is 1. The van der Waals surface area contributed by atoms with Crippen LogP contribution in [0.2, 0.25) is 0 Å². The Morgan fingerprint density at radius 2 is 1.67 bits per heavy atom. The third-order valence-corrected chi connectivity index (χ3v) is 6.45. The van der Waals surface area contributed by atoms with Gasteiger partial charge in [-0.2, -0.15) is 13.2 Å². The summed E-state index contributed by atoms with van der Waals surface area (Å²) in [5, 5.41) is 2.66. The smallest absolute Gasteiger partial charge is 0.371 e. The molecule has 0 atom stereocenters. The Balaban J connectivity index is 1.60. The van der Waals surface area contributed by atoms with E-state index in [9.17, 15) is 22.8 Å². The molecule has 0 spiro atoms. The molecule has 0 aliphatic carbocycles. The van der Waals surface area contributed by atoms with Crippen molar-refractivity contribution in [3.8, 4) is 0 Å². The summed E-state index contributed by atoms with van der Waals surface area (Å²) in [5.41, 5.74) is 0.777. The van der Waals surface area contributed by atoms with Crippen molar-refractivity contribution >= 4 is 23.2 Å². The molecule has 4 rings (SSSR count). The molecular formula is C25H28F3N3O2. The van der Waals surface area contributed by atoms with Gasteiger partial charge in [0.1, 0.15) is 0 Å². The predicted octanol–water partition coefficient (Wildman–Crippen LogP) is 5.43. The normalized spacial score (nSPS) is 17.3. The minimum absolute atomic E-state index is 0.0729. The second-order valence-electron chi connectivity index (χ2n) is 8.93. The molecule has 0 radical (unpaired) electrons. The lowest BCUT2D eigenvalue weighted by molar-refractivity contribution is -0.137. The van der Waals surface area contributed by atoms with Gasteiger partial charge in [0.15, 0.2) is 0 Å². The van der Waals surface area contributed by atoms with Gasteiger partial charge < -0.3 is 15.1 Å². The molecule has 0 aromatic heterocycles. The maximum atomic E-state index is 13.3. The quantitative estimate of drug-likeness (QED) is 0.663. The number of hydrogen-bond donors (Lipinski definition) is 1. The van der Waals surface area contributed by atoms with Gasteiger partial charge in [-0.1, -0.05) is 13.0 Å². The fourth-order valence-electron chi connectivity index (χ4n) is 4.44. The highest BCUT2D eigenvalue weighted by molar-refractivity contribution is 6.06. The third kappa shape index (κ3) is 5.31. The summed E-state index contributed by atoms with van der Waals surface area (Å²) in [6.45, 7) is 5.35. The zero-order chi connectivity index (χ0) is 23.6. The van der Waals surface area contributed by atoms with E-state index in [1.165, 1.54) is 12.1 Å². The topological polar surface area (TPSA) is 52.7 Å². The second-order valence-corrected chi connectivity index (χ2v) is 8.93. The van der Waals surface area contributed by atoms with Crippen molar-refractivity contribution in [2.75, 3.05) is 36.4 Å². The van der Waals surface area contributed by atoms with Crippen LogP contribution in [0.3, 0.4) is 0 Å². The SMILES string of the molecule is CC1CCN(c2ccc(NC(=O)c3cccc(C(F)(F)F)c3)cc2C(=O)N2CCCC2)CC1. The van der Waals surface area contributed by atoms with Crippen LogP contribution in [0, 0.1) is 5.92 Å². The molecule has 8 heteroatoms. The highest BCUT2D eigenvalue weighted by Gasteiger charge is 2.31. The molecule has 2 aromatic carbocycles. The number of carbonyl (C=O) groups excluding carboxylic acids is 2. The molecule has 2 aromatic rings. The maximum Gasteiger partial charge on any atom is 0.416 e. The number of hydrogen-bond acceptors (Lipinski definition) is 3. The van der Waals surface area contributed by atoms with Crippen molar-refractivity contribution in [1.82, 2.24) is 4.90 Å². The van der Waals surface area contributed by atoms with Crippen molar-refractivity contribution in [2.24, 2.45) is 5.92 Å². The number of halogens is 3. The molecule has 33 heavy (non-hydrogen) atoms. The van der Waals surface area contributed by atoms with Crippen molar-refractivity contribution < 1.29 is 22.8 Å². The lowest BCUT2D eigenvalue weighted by Crippen LogP contribution is -2.35. The number of carbonyl (C=O) groups is 2. The molecule has 2 aliphatic rings. The van der Waals surface area contributed by atoms with E-state index in [1.807, 2.05) is 11.0 Å². The van der Waals surface area contributed by atoms with Crippen LogP contribution in [-0.2, 0) is 6.18 Å².